The van der Waals surface area contributed by atoms with Crippen molar-refractivity contribution < 1.29 is 19.4 Å². The summed E-state index contributed by atoms with van der Waals surface area (Å²) >= 11 is 0. The molecule has 0 radical (unpaired) electrons. The van der Waals surface area contributed by atoms with Crippen LogP contribution in [0.4, 0.5) is 0 Å². The van der Waals surface area contributed by atoms with Crippen LogP contribution in [0.15, 0.2) is 18.2 Å². The lowest BCUT2D eigenvalue weighted by molar-refractivity contribution is -0.128. The van der Waals surface area contributed by atoms with E-state index in [9.17, 15) is 14.7 Å². The van der Waals surface area contributed by atoms with Crippen LogP contribution in [0, 0.1) is 0 Å². The maximum Gasteiger partial charge on any atom is 0.223 e. The largest absolute Gasteiger partial charge is 0.504 e. The lowest BCUT2D eigenvalue weighted by Gasteiger charge is -2.23. The van der Waals surface area contributed by atoms with E-state index < -0.39 is 6.04 Å². The molecule has 1 aromatic carbocycles. The number of rotatable bonds is 4. The maximum atomic E-state index is 12.3. The molecule has 1 amide bonds. The molecule has 19 heavy (non-hydrogen) atoms. The number of methoxy groups -OCH3 is 1. The number of Topliss-reactive ketones (excluding diaryl/α,β-unsaturated/α-hetero) is 1. The molecular weight excluding hydrogens is 246 g/mol. The first kappa shape index (κ1) is 13.4. The number of phenolic OH excluding ortho intramolecular Hbond substituents is 1. The summed E-state index contributed by atoms with van der Waals surface area (Å²) in [5.74, 6) is 0.120. The topological polar surface area (TPSA) is 66.8 Å². The number of ketones is 1. The molecule has 1 aromatic rings. The molecule has 2 rings (SSSR count). The van der Waals surface area contributed by atoms with Crippen LogP contribution in [-0.2, 0) is 4.79 Å². The molecule has 1 saturated heterocycles. The van der Waals surface area contributed by atoms with Crippen molar-refractivity contribution in [2.24, 2.45) is 0 Å². The smallest absolute Gasteiger partial charge is 0.223 e. The van der Waals surface area contributed by atoms with Crippen molar-refractivity contribution in [1.29, 1.82) is 0 Å². The zero-order valence-corrected chi connectivity index (χ0v) is 11.0. The highest BCUT2D eigenvalue weighted by atomic mass is 16.5. The molecule has 1 aliphatic heterocycles. The number of ether oxygens (including phenoxy) is 1. The molecule has 102 valence electrons. The van der Waals surface area contributed by atoms with E-state index in [1.165, 1.54) is 25.3 Å². The monoisotopic (exact) mass is 263 g/mol. The van der Waals surface area contributed by atoms with E-state index in [0.717, 1.165) is 6.42 Å². The van der Waals surface area contributed by atoms with Crippen molar-refractivity contribution in [1.82, 2.24) is 4.90 Å². The van der Waals surface area contributed by atoms with E-state index >= 15 is 0 Å². The lowest BCUT2D eigenvalue weighted by Crippen LogP contribution is -2.39. The number of hydrogen-bond acceptors (Lipinski definition) is 4. The van der Waals surface area contributed by atoms with Gasteiger partial charge in [-0.25, -0.2) is 0 Å². The van der Waals surface area contributed by atoms with E-state index in [1.807, 2.05) is 0 Å². The van der Waals surface area contributed by atoms with Crippen LogP contribution in [-0.4, -0.2) is 41.4 Å². The van der Waals surface area contributed by atoms with Gasteiger partial charge >= 0.3 is 0 Å². The second-order valence-corrected chi connectivity index (χ2v) is 4.62. The molecule has 1 N–H and O–H groups in total. The second kappa shape index (κ2) is 5.30. The van der Waals surface area contributed by atoms with Gasteiger partial charge in [-0.15, -0.1) is 0 Å². The predicted octanol–water partition coefficient (Wildman–Crippen LogP) is 1.59. The second-order valence-electron chi connectivity index (χ2n) is 4.62. The van der Waals surface area contributed by atoms with Crippen molar-refractivity contribution in [3.8, 4) is 11.5 Å². The van der Waals surface area contributed by atoms with Gasteiger partial charge in [-0.05, 0) is 31.5 Å². The first-order valence-electron chi connectivity index (χ1n) is 6.25. The van der Waals surface area contributed by atoms with E-state index in [-0.39, 0.29) is 23.2 Å². The predicted molar refractivity (Wildman–Crippen MR) is 69.4 cm³/mol. The van der Waals surface area contributed by atoms with Crippen molar-refractivity contribution in [2.75, 3.05) is 13.7 Å². The number of aromatic hydroxyl groups is 1. The lowest BCUT2D eigenvalue weighted by atomic mass is 10.0. The third-order valence-electron chi connectivity index (χ3n) is 3.42. The van der Waals surface area contributed by atoms with Gasteiger partial charge in [0.1, 0.15) is 0 Å². The molecule has 0 aliphatic carbocycles. The van der Waals surface area contributed by atoms with Crippen LogP contribution in [0.3, 0.4) is 0 Å². The summed E-state index contributed by atoms with van der Waals surface area (Å²) in [5, 5.41) is 9.51. The fourth-order valence-corrected chi connectivity index (χ4v) is 2.29. The summed E-state index contributed by atoms with van der Waals surface area (Å²) in [7, 11) is 1.43. The molecule has 0 aromatic heterocycles. The Labute approximate surface area is 111 Å². The Bertz CT molecular complexity index is 512. The number of phenols is 1. The summed E-state index contributed by atoms with van der Waals surface area (Å²) in [4.78, 5) is 25.6. The van der Waals surface area contributed by atoms with E-state index in [1.54, 1.807) is 11.8 Å². The number of amides is 1. The van der Waals surface area contributed by atoms with Crippen LogP contribution in [0.2, 0.25) is 0 Å². The van der Waals surface area contributed by atoms with Crippen LogP contribution in [0.25, 0.3) is 0 Å². The Morgan fingerprint density at radius 1 is 1.47 bits per heavy atom. The van der Waals surface area contributed by atoms with Crippen molar-refractivity contribution >= 4 is 11.7 Å². The highest BCUT2D eigenvalue weighted by molar-refractivity contribution is 6.02. The molecule has 5 nitrogen and oxygen atoms in total. The third-order valence-corrected chi connectivity index (χ3v) is 3.42. The number of carbonyl (C=O) groups excluding carboxylic acids is 2. The SMILES string of the molecule is COc1cc(C(=O)C(C)N2CCCC2=O)ccc1O. The fraction of sp³-hybridized carbons (Fsp3) is 0.429. The molecule has 1 fully saturated rings. The Hall–Kier alpha value is -2.04. The third kappa shape index (κ3) is 2.54. The quantitative estimate of drug-likeness (QED) is 0.838. The molecule has 0 bridgehead atoms. The van der Waals surface area contributed by atoms with Gasteiger partial charge in [-0.2, -0.15) is 0 Å². The molecule has 1 unspecified atom stereocenters. The van der Waals surface area contributed by atoms with E-state index in [4.69, 9.17) is 4.74 Å². The normalized spacial score (nSPS) is 16.5. The molecule has 1 aliphatic rings. The number of hydrogen-bond donors (Lipinski definition) is 1. The molecule has 5 heteroatoms. The van der Waals surface area contributed by atoms with Gasteiger partial charge in [0, 0.05) is 18.5 Å². The first-order chi connectivity index (χ1) is 9.04. The Balaban J connectivity index is 2.21. The van der Waals surface area contributed by atoms with Gasteiger partial charge in [0.15, 0.2) is 17.3 Å². The summed E-state index contributed by atoms with van der Waals surface area (Å²) < 4.78 is 4.98. The van der Waals surface area contributed by atoms with Crippen LogP contribution >= 0.6 is 0 Å². The fourth-order valence-electron chi connectivity index (χ4n) is 2.29. The number of carbonyl (C=O) groups is 2. The van der Waals surface area contributed by atoms with Crippen LogP contribution in [0.1, 0.15) is 30.1 Å². The highest BCUT2D eigenvalue weighted by Crippen LogP contribution is 2.27. The summed E-state index contributed by atoms with van der Waals surface area (Å²) in [6, 6.07) is 3.97. The van der Waals surface area contributed by atoms with E-state index in [2.05, 4.69) is 0 Å². The van der Waals surface area contributed by atoms with Crippen LogP contribution < -0.4 is 4.74 Å². The molecule has 0 spiro atoms. The summed E-state index contributed by atoms with van der Waals surface area (Å²) in [6.45, 7) is 2.35. The van der Waals surface area contributed by atoms with Crippen molar-refractivity contribution in [3.05, 3.63) is 23.8 Å². The Morgan fingerprint density at radius 2 is 2.21 bits per heavy atom. The summed E-state index contributed by atoms with van der Waals surface area (Å²) in [6.07, 6.45) is 1.31. The van der Waals surface area contributed by atoms with Gasteiger partial charge < -0.3 is 14.7 Å². The average molecular weight is 263 g/mol. The molecule has 1 atom stereocenters. The zero-order valence-electron chi connectivity index (χ0n) is 11.0. The highest BCUT2D eigenvalue weighted by Gasteiger charge is 2.30. The molecular formula is C14H17NO4. The van der Waals surface area contributed by atoms with Crippen molar-refractivity contribution in [3.63, 3.8) is 0 Å². The Kier molecular flexibility index (Phi) is 3.74. The molecule has 1 heterocycles. The Morgan fingerprint density at radius 3 is 2.79 bits per heavy atom. The minimum absolute atomic E-state index is 0.0102. The van der Waals surface area contributed by atoms with Crippen molar-refractivity contribution in [2.45, 2.75) is 25.8 Å². The van der Waals surface area contributed by atoms with Gasteiger partial charge in [0.25, 0.3) is 0 Å². The van der Waals surface area contributed by atoms with Crippen LogP contribution in [0.5, 0.6) is 11.5 Å². The maximum absolute atomic E-state index is 12.3. The number of nitrogens with zero attached hydrogens (tertiary/aromatic N) is 1. The first-order valence-corrected chi connectivity index (χ1v) is 6.25. The van der Waals surface area contributed by atoms with Gasteiger partial charge in [0.05, 0.1) is 13.2 Å². The average Bonchev–Trinajstić information content (AvgIpc) is 2.84. The summed E-state index contributed by atoms with van der Waals surface area (Å²) in [5.41, 5.74) is 0.432. The standard InChI is InChI=1S/C14H17NO4/c1-9(15-7-3-4-13(15)17)14(18)10-5-6-11(16)12(8-10)19-2/h5-6,8-9,16H,3-4,7H2,1-2H3. The zero-order chi connectivity index (χ0) is 14.0. The minimum Gasteiger partial charge on any atom is -0.504 e. The van der Waals surface area contributed by atoms with E-state index in [0.29, 0.717) is 18.5 Å². The minimum atomic E-state index is -0.482. The number of benzene rings is 1. The van der Waals surface area contributed by atoms with Gasteiger partial charge in [-0.1, -0.05) is 0 Å². The molecule has 0 saturated carbocycles. The number of likely N-dealkylation sites (tertiary alicyclic amines) is 1. The van der Waals surface area contributed by atoms with Gasteiger partial charge in [-0.3, -0.25) is 9.59 Å². The van der Waals surface area contributed by atoms with Gasteiger partial charge in [0.2, 0.25) is 5.91 Å².